The summed E-state index contributed by atoms with van der Waals surface area (Å²) in [7, 11) is 1.85. The number of hydrogen-bond donors (Lipinski definition) is 0. The predicted molar refractivity (Wildman–Crippen MR) is 124 cm³/mol. The average molecular weight is 430 g/mol. The van der Waals surface area contributed by atoms with Crippen LogP contribution in [-0.2, 0) is 11.2 Å². The van der Waals surface area contributed by atoms with Crippen molar-refractivity contribution in [3.05, 3.63) is 66.2 Å². The van der Waals surface area contributed by atoms with E-state index in [-0.39, 0.29) is 24.0 Å². The van der Waals surface area contributed by atoms with E-state index in [2.05, 4.69) is 35.2 Å². The molecule has 0 aliphatic carbocycles. The van der Waals surface area contributed by atoms with Crippen LogP contribution >= 0.6 is 12.4 Å². The molecule has 0 aromatic heterocycles. The van der Waals surface area contributed by atoms with Crippen LogP contribution in [0.3, 0.4) is 0 Å². The highest BCUT2D eigenvalue weighted by Crippen LogP contribution is 2.31. The third-order valence-corrected chi connectivity index (χ3v) is 6.28. The summed E-state index contributed by atoms with van der Waals surface area (Å²) in [6.45, 7) is 5.12. The second-order valence-corrected chi connectivity index (χ2v) is 8.21. The fourth-order valence-corrected chi connectivity index (χ4v) is 4.40. The van der Waals surface area contributed by atoms with Gasteiger partial charge >= 0.3 is 6.03 Å². The standard InChI is InChI=1S/C24H31N3O2.ClH/c1-25(22-10-6-3-7-11-22)23(28)27-18-19-29-24(20-27)13-16-26(17-14-24)15-12-21-8-4-2-5-9-21;/h2-11H,12-20H2,1H3;1H. The summed E-state index contributed by atoms with van der Waals surface area (Å²) >= 11 is 0. The molecule has 2 aromatic carbocycles. The summed E-state index contributed by atoms with van der Waals surface area (Å²) in [5, 5.41) is 0. The first-order valence-electron chi connectivity index (χ1n) is 10.6. The Hall–Kier alpha value is -2.08. The smallest absolute Gasteiger partial charge is 0.324 e. The van der Waals surface area contributed by atoms with Crippen LogP contribution in [0.25, 0.3) is 0 Å². The van der Waals surface area contributed by atoms with Gasteiger partial charge < -0.3 is 14.5 Å². The average Bonchev–Trinajstić information content (AvgIpc) is 2.79. The van der Waals surface area contributed by atoms with E-state index < -0.39 is 0 Å². The van der Waals surface area contributed by atoms with Gasteiger partial charge in [-0.05, 0) is 37.0 Å². The van der Waals surface area contributed by atoms with Crippen LogP contribution in [0.15, 0.2) is 60.7 Å². The molecule has 30 heavy (non-hydrogen) atoms. The molecule has 5 nitrogen and oxygen atoms in total. The minimum Gasteiger partial charge on any atom is -0.371 e. The van der Waals surface area contributed by atoms with Gasteiger partial charge in [-0.25, -0.2) is 4.79 Å². The van der Waals surface area contributed by atoms with Crippen LogP contribution < -0.4 is 4.90 Å². The van der Waals surface area contributed by atoms with Crippen molar-refractivity contribution >= 4 is 24.1 Å². The number of urea groups is 1. The Labute approximate surface area is 186 Å². The maximum Gasteiger partial charge on any atom is 0.324 e. The van der Waals surface area contributed by atoms with Crippen LogP contribution in [0.1, 0.15) is 18.4 Å². The molecular formula is C24H32ClN3O2. The number of halogens is 1. The lowest BCUT2D eigenvalue weighted by atomic mass is 9.89. The van der Waals surface area contributed by atoms with Gasteiger partial charge in [0, 0.05) is 38.9 Å². The highest BCUT2D eigenvalue weighted by molar-refractivity contribution is 5.91. The van der Waals surface area contributed by atoms with Crippen molar-refractivity contribution in [2.75, 3.05) is 51.3 Å². The zero-order valence-electron chi connectivity index (χ0n) is 17.7. The second-order valence-electron chi connectivity index (χ2n) is 8.21. The molecule has 6 heteroatoms. The molecule has 0 N–H and O–H groups in total. The lowest BCUT2D eigenvalue weighted by molar-refractivity contribution is -0.125. The van der Waals surface area contributed by atoms with Crippen molar-refractivity contribution in [1.29, 1.82) is 0 Å². The quantitative estimate of drug-likeness (QED) is 0.734. The van der Waals surface area contributed by atoms with Gasteiger partial charge in [0.15, 0.2) is 0 Å². The van der Waals surface area contributed by atoms with E-state index in [9.17, 15) is 4.79 Å². The normalized spacial score (nSPS) is 18.6. The monoisotopic (exact) mass is 429 g/mol. The Bertz CT molecular complexity index is 795. The Kier molecular flexibility index (Phi) is 7.75. The minimum absolute atomic E-state index is 0. The third kappa shape index (κ3) is 5.34. The van der Waals surface area contributed by atoms with E-state index >= 15 is 0 Å². The molecule has 0 saturated carbocycles. The molecule has 2 aliphatic heterocycles. The van der Waals surface area contributed by atoms with E-state index in [0.29, 0.717) is 19.7 Å². The van der Waals surface area contributed by atoms with Crippen molar-refractivity contribution < 1.29 is 9.53 Å². The molecular weight excluding hydrogens is 398 g/mol. The molecule has 2 aromatic rings. The Morgan fingerprint density at radius 3 is 2.30 bits per heavy atom. The fourth-order valence-electron chi connectivity index (χ4n) is 4.40. The van der Waals surface area contributed by atoms with Gasteiger partial charge in [-0.15, -0.1) is 12.4 Å². The summed E-state index contributed by atoms with van der Waals surface area (Å²) in [5.41, 5.74) is 2.13. The number of nitrogens with zero attached hydrogens (tertiary/aromatic N) is 3. The Morgan fingerprint density at radius 1 is 1.00 bits per heavy atom. The lowest BCUT2D eigenvalue weighted by Crippen LogP contribution is -2.59. The second kappa shape index (κ2) is 10.3. The number of rotatable bonds is 4. The molecule has 2 fully saturated rings. The number of anilines is 1. The molecule has 2 saturated heterocycles. The van der Waals surface area contributed by atoms with Crippen molar-refractivity contribution in [2.24, 2.45) is 0 Å². The third-order valence-electron chi connectivity index (χ3n) is 6.28. The zero-order valence-corrected chi connectivity index (χ0v) is 18.5. The van der Waals surface area contributed by atoms with Crippen LogP contribution in [0.5, 0.6) is 0 Å². The van der Waals surface area contributed by atoms with Crippen LogP contribution in [0.4, 0.5) is 10.5 Å². The highest BCUT2D eigenvalue weighted by atomic mass is 35.5. The molecule has 2 heterocycles. The van der Waals surface area contributed by atoms with Gasteiger partial charge in [-0.2, -0.15) is 0 Å². The molecule has 0 radical (unpaired) electrons. The van der Waals surface area contributed by atoms with Gasteiger partial charge in [0.25, 0.3) is 0 Å². The summed E-state index contributed by atoms with van der Waals surface area (Å²) in [5.74, 6) is 0. The number of likely N-dealkylation sites (tertiary alicyclic amines) is 1. The molecule has 162 valence electrons. The molecule has 0 bridgehead atoms. The molecule has 2 aliphatic rings. The van der Waals surface area contributed by atoms with Crippen LogP contribution in [0.2, 0.25) is 0 Å². The molecule has 1 spiro atoms. The number of morpholine rings is 1. The SMILES string of the molecule is CN(C(=O)N1CCOC2(CCN(CCc3ccccc3)CC2)C1)c1ccccc1.Cl. The summed E-state index contributed by atoms with van der Waals surface area (Å²) in [6, 6.07) is 20.6. The first-order valence-corrected chi connectivity index (χ1v) is 10.6. The number of para-hydroxylation sites is 1. The van der Waals surface area contributed by atoms with E-state index in [4.69, 9.17) is 4.74 Å². The number of carbonyl (C=O) groups excluding carboxylic acids is 1. The van der Waals surface area contributed by atoms with Crippen LogP contribution in [0, 0.1) is 0 Å². The predicted octanol–water partition coefficient (Wildman–Crippen LogP) is 4.07. The molecule has 0 unspecified atom stereocenters. The van der Waals surface area contributed by atoms with E-state index in [1.54, 1.807) is 4.90 Å². The van der Waals surface area contributed by atoms with Crippen LogP contribution in [-0.4, -0.2) is 67.8 Å². The topological polar surface area (TPSA) is 36.0 Å². The first-order chi connectivity index (χ1) is 14.2. The van der Waals surface area contributed by atoms with Gasteiger partial charge in [0.2, 0.25) is 0 Å². The highest BCUT2D eigenvalue weighted by Gasteiger charge is 2.41. The Balaban J connectivity index is 0.00000256. The molecule has 4 rings (SSSR count). The number of ether oxygens (including phenoxy) is 1. The summed E-state index contributed by atoms with van der Waals surface area (Å²) in [6.07, 6.45) is 3.06. The van der Waals surface area contributed by atoms with Crippen molar-refractivity contribution in [2.45, 2.75) is 24.9 Å². The van der Waals surface area contributed by atoms with E-state index in [1.165, 1.54) is 5.56 Å². The Morgan fingerprint density at radius 2 is 1.63 bits per heavy atom. The minimum atomic E-state index is -0.186. The maximum atomic E-state index is 13.0. The maximum absolute atomic E-state index is 13.0. The van der Waals surface area contributed by atoms with Gasteiger partial charge in [0.05, 0.1) is 18.8 Å². The van der Waals surface area contributed by atoms with Crippen molar-refractivity contribution in [1.82, 2.24) is 9.80 Å². The molecule has 2 amide bonds. The lowest BCUT2D eigenvalue weighted by Gasteiger charge is -2.47. The number of piperidine rings is 1. The number of amides is 2. The largest absolute Gasteiger partial charge is 0.371 e. The van der Waals surface area contributed by atoms with Gasteiger partial charge in [-0.3, -0.25) is 4.90 Å². The number of benzene rings is 2. The van der Waals surface area contributed by atoms with E-state index in [0.717, 1.165) is 44.6 Å². The van der Waals surface area contributed by atoms with Gasteiger partial charge in [-0.1, -0.05) is 48.5 Å². The van der Waals surface area contributed by atoms with Gasteiger partial charge in [0.1, 0.15) is 0 Å². The first kappa shape index (κ1) is 22.6. The number of hydrogen-bond acceptors (Lipinski definition) is 3. The zero-order chi connectivity index (χ0) is 20.1. The summed E-state index contributed by atoms with van der Waals surface area (Å²) in [4.78, 5) is 19.3. The summed E-state index contributed by atoms with van der Waals surface area (Å²) < 4.78 is 6.24. The van der Waals surface area contributed by atoms with Crippen molar-refractivity contribution in [3.8, 4) is 0 Å². The molecule has 0 atom stereocenters. The van der Waals surface area contributed by atoms with E-state index in [1.807, 2.05) is 42.3 Å². The fraction of sp³-hybridized carbons (Fsp3) is 0.458. The van der Waals surface area contributed by atoms with Crippen molar-refractivity contribution in [3.63, 3.8) is 0 Å². The number of carbonyl (C=O) groups is 1.